The molecule has 0 amide bonds. The first-order valence-corrected chi connectivity index (χ1v) is 5.41. The van der Waals surface area contributed by atoms with Crippen molar-refractivity contribution >= 4 is 46.4 Å². The van der Waals surface area contributed by atoms with Gasteiger partial charge < -0.3 is 4.74 Å². The van der Waals surface area contributed by atoms with Crippen LogP contribution in [0.2, 0.25) is 10.0 Å². The number of hydrogen-bond donors (Lipinski definition) is 1. The Kier molecular flexibility index (Phi) is 2.24. The number of benzene rings is 1. The highest BCUT2D eigenvalue weighted by molar-refractivity contribution is 6.38. The largest absolute Gasteiger partial charge is 0.410 e. The van der Waals surface area contributed by atoms with E-state index in [1.54, 1.807) is 22.7 Å². The maximum Gasteiger partial charge on any atom is 0.299 e. The molecule has 3 aromatic rings. The number of nitrogens with zero attached hydrogens (tertiary/aromatic N) is 2. The molecule has 0 radical (unpaired) electrons. The number of aromatic amines is 1. The molecule has 5 nitrogen and oxygen atoms in total. The first kappa shape index (κ1) is 10.4. The van der Waals surface area contributed by atoms with Gasteiger partial charge in [-0.3, -0.25) is 9.89 Å². The second-order valence-electron chi connectivity index (χ2n) is 3.40. The number of carbonyl (C=O) groups excluding carboxylic acids is 1. The Labute approximate surface area is 105 Å². The zero-order valence-corrected chi connectivity index (χ0v) is 9.79. The van der Waals surface area contributed by atoms with Crippen molar-refractivity contribution in [1.29, 1.82) is 0 Å². The van der Waals surface area contributed by atoms with Gasteiger partial charge in [0.25, 0.3) is 6.47 Å². The van der Waals surface area contributed by atoms with Crippen LogP contribution in [-0.4, -0.2) is 21.1 Å². The Hall–Kier alpha value is -1.72. The summed E-state index contributed by atoms with van der Waals surface area (Å²) >= 11 is 12.0. The van der Waals surface area contributed by atoms with Crippen molar-refractivity contribution < 1.29 is 9.53 Å². The number of nitrogens with one attached hydrogen (secondary N) is 1. The van der Waals surface area contributed by atoms with Crippen LogP contribution in [0.15, 0.2) is 18.2 Å². The number of aromatic nitrogens is 3. The van der Waals surface area contributed by atoms with Crippen molar-refractivity contribution in [3.05, 3.63) is 28.2 Å². The van der Waals surface area contributed by atoms with Gasteiger partial charge in [-0.05, 0) is 12.1 Å². The maximum absolute atomic E-state index is 10.2. The third kappa shape index (κ3) is 1.55. The molecule has 0 fully saturated rings. The van der Waals surface area contributed by atoms with Crippen molar-refractivity contribution in [2.24, 2.45) is 0 Å². The number of halogens is 2. The second kappa shape index (κ2) is 3.65. The van der Waals surface area contributed by atoms with E-state index >= 15 is 0 Å². The molecule has 1 aromatic carbocycles. The van der Waals surface area contributed by atoms with Crippen molar-refractivity contribution in [1.82, 2.24) is 14.6 Å². The second-order valence-corrected chi connectivity index (χ2v) is 4.24. The lowest BCUT2D eigenvalue weighted by Gasteiger charge is -1.96. The summed E-state index contributed by atoms with van der Waals surface area (Å²) < 4.78 is 6.33. The minimum atomic E-state index is 0.301. The van der Waals surface area contributed by atoms with Crippen molar-refractivity contribution in [3.63, 3.8) is 0 Å². The fourth-order valence-electron chi connectivity index (χ4n) is 1.73. The number of rotatable bonds is 2. The molecule has 0 spiro atoms. The molecule has 2 heterocycles. The minimum Gasteiger partial charge on any atom is -0.410 e. The van der Waals surface area contributed by atoms with Crippen LogP contribution in [0.5, 0.6) is 5.88 Å². The third-order valence-electron chi connectivity index (χ3n) is 2.35. The zero-order chi connectivity index (χ0) is 12.0. The van der Waals surface area contributed by atoms with Crippen LogP contribution in [-0.2, 0) is 4.79 Å². The quantitative estimate of drug-likeness (QED) is 0.728. The molecule has 0 aliphatic carbocycles. The number of hydrogen-bond acceptors (Lipinski definition) is 3. The lowest BCUT2D eigenvalue weighted by molar-refractivity contribution is -0.120. The molecule has 2 aromatic heterocycles. The highest BCUT2D eigenvalue weighted by atomic mass is 35.5. The van der Waals surface area contributed by atoms with E-state index in [-0.39, 0.29) is 0 Å². The summed E-state index contributed by atoms with van der Waals surface area (Å²) in [6.45, 7) is 0.339. The number of ether oxygens (including phenoxy) is 1. The minimum absolute atomic E-state index is 0.301. The van der Waals surface area contributed by atoms with Gasteiger partial charge in [0.2, 0.25) is 5.88 Å². The van der Waals surface area contributed by atoms with Gasteiger partial charge in [-0.2, -0.15) is 0 Å². The van der Waals surface area contributed by atoms with Gasteiger partial charge in [0, 0.05) is 11.1 Å². The number of H-pyrrole nitrogens is 1. The molecule has 0 atom stereocenters. The monoisotopic (exact) mass is 269 g/mol. The van der Waals surface area contributed by atoms with E-state index in [9.17, 15) is 4.79 Å². The van der Waals surface area contributed by atoms with Gasteiger partial charge >= 0.3 is 0 Å². The van der Waals surface area contributed by atoms with Crippen molar-refractivity contribution in [3.8, 4) is 5.88 Å². The van der Waals surface area contributed by atoms with Crippen LogP contribution in [0.3, 0.4) is 0 Å². The molecule has 0 unspecified atom stereocenters. The van der Waals surface area contributed by atoms with E-state index < -0.39 is 0 Å². The van der Waals surface area contributed by atoms with Gasteiger partial charge in [-0.15, -0.1) is 0 Å². The van der Waals surface area contributed by atoms with Gasteiger partial charge in [0.15, 0.2) is 5.65 Å². The third-order valence-corrected chi connectivity index (χ3v) is 2.86. The summed E-state index contributed by atoms with van der Waals surface area (Å²) in [5.41, 5.74) is 1.96. The van der Waals surface area contributed by atoms with E-state index in [1.165, 1.54) is 0 Å². The Bertz CT molecular complexity index is 732. The molecule has 86 valence electrons. The number of imidazole rings is 1. The summed E-state index contributed by atoms with van der Waals surface area (Å²) in [6, 6.07) is 4.93. The molecular formula is C10H5Cl2N3O2. The van der Waals surface area contributed by atoms with Crippen LogP contribution in [0, 0.1) is 0 Å². The lowest BCUT2D eigenvalue weighted by Crippen LogP contribution is -1.90. The molecule has 17 heavy (non-hydrogen) atoms. The van der Waals surface area contributed by atoms with Gasteiger partial charge in [-0.1, -0.05) is 23.2 Å². The van der Waals surface area contributed by atoms with Crippen LogP contribution < -0.4 is 4.74 Å². The fourth-order valence-corrected chi connectivity index (χ4v) is 2.30. The first-order chi connectivity index (χ1) is 8.19. The zero-order valence-electron chi connectivity index (χ0n) is 8.28. The average molecular weight is 270 g/mol. The summed E-state index contributed by atoms with van der Waals surface area (Å²) in [5.74, 6) is 0.301. The lowest BCUT2D eigenvalue weighted by atomic mass is 10.3. The first-order valence-electron chi connectivity index (χ1n) is 4.65. The van der Waals surface area contributed by atoms with Crippen LogP contribution in [0.1, 0.15) is 0 Å². The summed E-state index contributed by atoms with van der Waals surface area (Å²) in [5, 5.41) is 3.85. The van der Waals surface area contributed by atoms with Crippen molar-refractivity contribution in [2.45, 2.75) is 0 Å². The van der Waals surface area contributed by atoms with E-state index in [0.717, 1.165) is 0 Å². The van der Waals surface area contributed by atoms with E-state index in [1.807, 2.05) is 0 Å². The number of carbonyl (C=O) groups is 1. The molecule has 0 bridgehead atoms. The van der Waals surface area contributed by atoms with Crippen LogP contribution in [0.25, 0.3) is 16.7 Å². The molecule has 7 heteroatoms. The Balaban J connectivity index is 2.36. The SMILES string of the molecule is O=COc1cc2nc3cc(Cl)cc(Cl)c3n2[nH]1. The van der Waals surface area contributed by atoms with Crippen molar-refractivity contribution in [2.75, 3.05) is 0 Å². The average Bonchev–Trinajstić information content (AvgIpc) is 2.73. The van der Waals surface area contributed by atoms with E-state index in [4.69, 9.17) is 27.9 Å². The predicted molar refractivity (Wildman–Crippen MR) is 63.8 cm³/mol. The van der Waals surface area contributed by atoms with Gasteiger partial charge in [0.1, 0.15) is 5.52 Å². The Morgan fingerprint density at radius 2 is 2.18 bits per heavy atom. The smallest absolute Gasteiger partial charge is 0.299 e. The Morgan fingerprint density at radius 1 is 1.35 bits per heavy atom. The molecule has 0 saturated carbocycles. The maximum atomic E-state index is 10.2. The predicted octanol–water partition coefficient (Wildman–Crippen LogP) is 2.66. The molecular weight excluding hydrogens is 265 g/mol. The normalized spacial score (nSPS) is 11.2. The molecule has 3 rings (SSSR count). The Morgan fingerprint density at radius 3 is 2.94 bits per heavy atom. The summed E-state index contributed by atoms with van der Waals surface area (Å²) in [7, 11) is 0. The molecule has 1 N–H and O–H groups in total. The highest BCUT2D eigenvalue weighted by Gasteiger charge is 2.12. The molecule has 0 aliphatic rings. The molecule has 0 aliphatic heterocycles. The van der Waals surface area contributed by atoms with Crippen LogP contribution >= 0.6 is 23.2 Å². The van der Waals surface area contributed by atoms with E-state index in [2.05, 4.69) is 10.1 Å². The fraction of sp³-hybridized carbons (Fsp3) is 0. The summed E-state index contributed by atoms with van der Waals surface area (Å²) in [4.78, 5) is 14.5. The van der Waals surface area contributed by atoms with E-state index in [0.29, 0.717) is 39.1 Å². The summed E-state index contributed by atoms with van der Waals surface area (Å²) in [6.07, 6.45) is 0. The van der Waals surface area contributed by atoms with Gasteiger partial charge in [-0.25, -0.2) is 9.50 Å². The topological polar surface area (TPSA) is 59.4 Å². The van der Waals surface area contributed by atoms with Gasteiger partial charge in [0.05, 0.1) is 10.5 Å². The highest BCUT2D eigenvalue weighted by Crippen LogP contribution is 2.29. The number of fused-ring (bicyclic) bond motifs is 3. The van der Waals surface area contributed by atoms with Crippen LogP contribution in [0.4, 0.5) is 0 Å². The molecule has 0 saturated heterocycles. The standard InChI is InChI=1S/C10H5Cl2N3O2/c11-5-1-6(12)10-7(2-5)13-8-3-9(17-4-16)14-15(8)10/h1-4,14H.